The van der Waals surface area contributed by atoms with Gasteiger partial charge in [-0.25, -0.2) is 0 Å². The molecule has 2 heteroatoms. The van der Waals surface area contributed by atoms with E-state index in [9.17, 15) is 0 Å². The number of ether oxygens (including phenoxy) is 2. The van der Waals surface area contributed by atoms with E-state index in [0.717, 1.165) is 38.9 Å². The van der Waals surface area contributed by atoms with Crippen molar-refractivity contribution in [2.24, 2.45) is 0 Å². The molecule has 0 radical (unpaired) electrons. The molecule has 234 valence electrons. The predicted octanol–water partition coefficient (Wildman–Crippen LogP) is 12.8. The SMILES string of the molecule is CCCCCCCCCCCCCCOC(C)(CCc1ccccc1)OCCCCCCCCCCCCCC. The van der Waals surface area contributed by atoms with Crippen LogP contribution in [-0.2, 0) is 15.9 Å². The van der Waals surface area contributed by atoms with Crippen molar-refractivity contribution in [2.75, 3.05) is 13.2 Å². The molecule has 40 heavy (non-hydrogen) atoms. The van der Waals surface area contributed by atoms with E-state index >= 15 is 0 Å². The van der Waals surface area contributed by atoms with E-state index in [-0.39, 0.29) is 0 Å². The maximum atomic E-state index is 6.43. The molecule has 0 fully saturated rings. The van der Waals surface area contributed by atoms with Crippen LogP contribution in [0.15, 0.2) is 30.3 Å². The number of unbranched alkanes of at least 4 members (excludes halogenated alkanes) is 22. The first-order chi connectivity index (χ1) is 19.7. The second kappa shape index (κ2) is 28.3. The van der Waals surface area contributed by atoms with Crippen LogP contribution in [0, 0.1) is 0 Å². The molecule has 1 aromatic rings. The van der Waals surface area contributed by atoms with E-state index < -0.39 is 5.79 Å². The minimum atomic E-state index is -0.467. The van der Waals surface area contributed by atoms with Crippen molar-refractivity contribution in [1.29, 1.82) is 0 Å². The van der Waals surface area contributed by atoms with Gasteiger partial charge in [-0.15, -0.1) is 0 Å². The Labute approximate surface area is 251 Å². The van der Waals surface area contributed by atoms with Gasteiger partial charge in [-0.3, -0.25) is 0 Å². The lowest BCUT2D eigenvalue weighted by atomic mass is 10.0. The van der Waals surface area contributed by atoms with Crippen LogP contribution < -0.4 is 0 Å². The van der Waals surface area contributed by atoms with Crippen LogP contribution in [0.5, 0.6) is 0 Å². The van der Waals surface area contributed by atoms with Gasteiger partial charge in [0.05, 0.1) is 13.2 Å². The van der Waals surface area contributed by atoms with Crippen molar-refractivity contribution in [3.8, 4) is 0 Å². The van der Waals surface area contributed by atoms with Crippen molar-refractivity contribution in [2.45, 2.75) is 193 Å². The van der Waals surface area contributed by atoms with Crippen LogP contribution in [0.2, 0.25) is 0 Å². The first-order valence-electron chi connectivity index (χ1n) is 18.0. The second-order valence-electron chi connectivity index (χ2n) is 12.6. The molecular formula is C38H70O2. The Bertz CT molecular complexity index is 583. The summed E-state index contributed by atoms with van der Waals surface area (Å²) in [6, 6.07) is 10.8. The Morgan fingerprint density at radius 3 is 1.12 bits per heavy atom. The minimum Gasteiger partial charge on any atom is -0.350 e. The van der Waals surface area contributed by atoms with Gasteiger partial charge in [0.15, 0.2) is 5.79 Å². The van der Waals surface area contributed by atoms with Gasteiger partial charge in [0, 0.05) is 6.42 Å². The first kappa shape index (κ1) is 37.2. The molecule has 1 rings (SSSR count). The Hall–Kier alpha value is -0.860. The van der Waals surface area contributed by atoms with E-state index in [1.165, 1.54) is 147 Å². The summed E-state index contributed by atoms with van der Waals surface area (Å²) in [6.45, 7) is 8.41. The number of aryl methyl sites for hydroxylation is 1. The summed E-state index contributed by atoms with van der Waals surface area (Å²) >= 11 is 0. The molecule has 0 heterocycles. The summed E-state index contributed by atoms with van der Waals surface area (Å²) in [5.41, 5.74) is 1.37. The van der Waals surface area contributed by atoms with Gasteiger partial charge in [-0.05, 0) is 31.7 Å². The lowest BCUT2D eigenvalue weighted by Gasteiger charge is -2.30. The average Bonchev–Trinajstić information content (AvgIpc) is 2.97. The first-order valence-corrected chi connectivity index (χ1v) is 18.0. The number of rotatable bonds is 31. The van der Waals surface area contributed by atoms with Crippen molar-refractivity contribution < 1.29 is 9.47 Å². The summed E-state index contributed by atoms with van der Waals surface area (Å²) in [5, 5.41) is 0. The van der Waals surface area contributed by atoms with Crippen LogP contribution in [-0.4, -0.2) is 19.0 Å². The molecular weight excluding hydrogens is 488 g/mol. The molecule has 0 saturated heterocycles. The van der Waals surface area contributed by atoms with Crippen LogP contribution in [0.4, 0.5) is 0 Å². The van der Waals surface area contributed by atoms with Gasteiger partial charge in [-0.2, -0.15) is 0 Å². The van der Waals surface area contributed by atoms with Gasteiger partial charge in [0.25, 0.3) is 0 Å². The molecule has 0 spiro atoms. The van der Waals surface area contributed by atoms with E-state index in [1.54, 1.807) is 0 Å². The van der Waals surface area contributed by atoms with Gasteiger partial charge in [0.2, 0.25) is 0 Å². The van der Waals surface area contributed by atoms with Crippen LogP contribution in [0.3, 0.4) is 0 Å². The van der Waals surface area contributed by atoms with Crippen LogP contribution >= 0.6 is 0 Å². The summed E-state index contributed by atoms with van der Waals surface area (Å²) in [5.74, 6) is -0.467. The topological polar surface area (TPSA) is 18.5 Å². The highest BCUT2D eigenvalue weighted by molar-refractivity contribution is 5.14. The molecule has 0 aliphatic rings. The summed E-state index contributed by atoms with van der Waals surface area (Å²) in [7, 11) is 0. The molecule has 0 amide bonds. The normalized spacial score (nSPS) is 11.9. The van der Waals surface area contributed by atoms with Gasteiger partial charge in [-0.1, -0.05) is 185 Å². The molecule has 0 aromatic heterocycles. The molecule has 0 atom stereocenters. The molecule has 0 saturated carbocycles. The maximum Gasteiger partial charge on any atom is 0.165 e. The van der Waals surface area contributed by atoms with Gasteiger partial charge in [0.1, 0.15) is 0 Å². The third-order valence-electron chi connectivity index (χ3n) is 8.52. The largest absolute Gasteiger partial charge is 0.350 e. The molecule has 0 N–H and O–H groups in total. The van der Waals surface area contributed by atoms with Gasteiger partial charge < -0.3 is 9.47 Å². The zero-order valence-electron chi connectivity index (χ0n) is 27.5. The maximum absolute atomic E-state index is 6.43. The number of hydrogen-bond donors (Lipinski definition) is 0. The number of benzene rings is 1. The minimum absolute atomic E-state index is 0.467. The van der Waals surface area contributed by atoms with Crippen LogP contribution in [0.1, 0.15) is 187 Å². The molecule has 0 aliphatic carbocycles. The Kier molecular flexibility index (Phi) is 26.3. The fourth-order valence-corrected chi connectivity index (χ4v) is 5.66. The van der Waals surface area contributed by atoms with Crippen LogP contribution in [0.25, 0.3) is 0 Å². The standard InChI is InChI=1S/C38H70O2/c1-4-6-8-10-12-14-16-18-20-22-24-29-35-39-38(3,34-33-37-31-27-26-28-32-37)40-36-30-25-23-21-19-17-15-13-11-9-7-5-2/h26-28,31-32H,4-25,29-30,33-36H2,1-3H3. The Balaban J connectivity index is 2.14. The third-order valence-corrected chi connectivity index (χ3v) is 8.52. The zero-order valence-corrected chi connectivity index (χ0v) is 27.5. The predicted molar refractivity (Wildman–Crippen MR) is 177 cm³/mol. The highest BCUT2D eigenvalue weighted by Gasteiger charge is 2.25. The van der Waals surface area contributed by atoms with Crippen molar-refractivity contribution in [1.82, 2.24) is 0 Å². The van der Waals surface area contributed by atoms with E-state index in [2.05, 4.69) is 51.1 Å². The van der Waals surface area contributed by atoms with Crippen molar-refractivity contribution >= 4 is 0 Å². The molecule has 0 unspecified atom stereocenters. The zero-order chi connectivity index (χ0) is 28.8. The fourth-order valence-electron chi connectivity index (χ4n) is 5.66. The summed E-state index contributed by atoms with van der Waals surface area (Å²) < 4.78 is 12.9. The third kappa shape index (κ3) is 23.8. The summed E-state index contributed by atoms with van der Waals surface area (Å²) in [4.78, 5) is 0. The molecule has 0 bridgehead atoms. The van der Waals surface area contributed by atoms with Gasteiger partial charge >= 0.3 is 0 Å². The Morgan fingerprint density at radius 1 is 0.450 bits per heavy atom. The molecule has 0 aliphatic heterocycles. The number of hydrogen-bond acceptors (Lipinski definition) is 2. The highest BCUT2D eigenvalue weighted by Crippen LogP contribution is 2.23. The smallest absolute Gasteiger partial charge is 0.165 e. The monoisotopic (exact) mass is 559 g/mol. The van der Waals surface area contributed by atoms with Crippen molar-refractivity contribution in [3.05, 3.63) is 35.9 Å². The van der Waals surface area contributed by atoms with E-state index in [4.69, 9.17) is 9.47 Å². The summed E-state index contributed by atoms with van der Waals surface area (Å²) in [6.07, 6.45) is 34.9. The second-order valence-corrected chi connectivity index (χ2v) is 12.6. The van der Waals surface area contributed by atoms with E-state index in [0.29, 0.717) is 0 Å². The lowest BCUT2D eigenvalue weighted by molar-refractivity contribution is -0.230. The fraction of sp³-hybridized carbons (Fsp3) is 0.842. The van der Waals surface area contributed by atoms with E-state index in [1.807, 2.05) is 0 Å². The van der Waals surface area contributed by atoms with Crippen molar-refractivity contribution in [3.63, 3.8) is 0 Å². The Morgan fingerprint density at radius 2 is 0.775 bits per heavy atom. The molecule has 2 nitrogen and oxygen atoms in total. The molecule has 1 aromatic carbocycles. The highest BCUT2D eigenvalue weighted by atomic mass is 16.7. The lowest BCUT2D eigenvalue weighted by Crippen LogP contribution is -2.34. The quantitative estimate of drug-likeness (QED) is 0.0666. The average molecular weight is 559 g/mol.